The van der Waals surface area contributed by atoms with Crippen LogP contribution in [0.25, 0.3) is 33.3 Å². The molecular weight excluding hydrogens is 428 g/mol. The summed E-state index contributed by atoms with van der Waals surface area (Å²) in [5, 5.41) is 2.64. The molecule has 0 saturated heterocycles. The van der Waals surface area contributed by atoms with E-state index < -0.39 is 19.0 Å². The monoisotopic (exact) mass is 448 g/mol. The first kappa shape index (κ1) is 19.0. The maximum Gasteiger partial charge on any atom is 0.165 e. The van der Waals surface area contributed by atoms with Crippen LogP contribution in [0.5, 0.6) is 0 Å². The molecule has 0 N–H and O–H groups in total. The summed E-state index contributed by atoms with van der Waals surface area (Å²) < 4.78 is 11.8. The van der Waals surface area contributed by atoms with Gasteiger partial charge in [-0.15, -0.1) is 0 Å². The number of hydrogen-bond acceptors (Lipinski definition) is 4. The highest BCUT2D eigenvalue weighted by Crippen LogP contribution is 2.17. The lowest BCUT2D eigenvalue weighted by molar-refractivity contribution is 0.642. The van der Waals surface area contributed by atoms with Crippen molar-refractivity contribution in [1.29, 1.82) is 0 Å². The number of fused-ring (bicyclic) bond motifs is 2. The van der Waals surface area contributed by atoms with Crippen molar-refractivity contribution in [2.45, 2.75) is 0 Å². The number of aromatic nitrogens is 2. The van der Waals surface area contributed by atoms with Gasteiger partial charge in [0.15, 0.2) is 41.2 Å². The smallest absolute Gasteiger partial charge is 0.165 e. The molecule has 6 rings (SSSR count). The van der Waals surface area contributed by atoms with E-state index in [9.17, 15) is 0 Å². The van der Waals surface area contributed by atoms with Gasteiger partial charge >= 0.3 is 0 Å². The third kappa shape index (κ3) is 3.81. The lowest BCUT2D eigenvalue weighted by Crippen LogP contribution is -2.27. The Morgan fingerprint density at radius 2 is 0.875 bits per heavy atom. The fourth-order valence-corrected chi connectivity index (χ4v) is 6.57. The van der Waals surface area contributed by atoms with Gasteiger partial charge in [-0.3, -0.25) is 0 Å². The van der Waals surface area contributed by atoms with Gasteiger partial charge in [-0.1, -0.05) is 83.2 Å². The van der Waals surface area contributed by atoms with Crippen LogP contribution >= 0.6 is 0 Å². The van der Waals surface area contributed by atoms with Gasteiger partial charge in [0.05, 0.1) is 0 Å². The van der Waals surface area contributed by atoms with E-state index in [-0.39, 0.29) is 0 Å². The predicted octanol–water partition coefficient (Wildman–Crippen LogP) is 1.88. The molecule has 6 heteroatoms. The molecule has 0 unspecified atom stereocenters. The Morgan fingerprint density at radius 3 is 1.28 bits per heavy atom. The van der Waals surface area contributed by atoms with Crippen LogP contribution in [0.1, 0.15) is 0 Å². The van der Waals surface area contributed by atoms with Crippen molar-refractivity contribution in [2.75, 3.05) is 0 Å². The Hall–Kier alpha value is -3.75. The molecule has 2 aromatic heterocycles. The molecule has 0 atom stereocenters. The zero-order valence-corrected chi connectivity index (χ0v) is 20.2. The molecule has 4 aromatic carbocycles. The molecule has 2 heterocycles. The topological polar surface area (TPSA) is 52.1 Å². The maximum absolute atomic E-state index is 5.91. The Labute approximate surface area is 189 Å². The molecule has 4 nitrogen and oxygen atoms in total. The molecule has 0 radical (unpaired) electrons. The van der Waals surface area contributed by atoms with Crippen molar-refractivity contribution in [3.8, 4) is 11.1 Å². The lowest BCUT2D eigenvalue weighted by atomic mass is 10.1. The Morgan fingerprint density at radius 1 is 0.469 bits per heavy atom. The summed E-state index contributed by atoms with van der Waals surface area (Å²) in [6.07, 6.45) is 0. The molecule has 0 amide bonds. The molecule has 0 fully saturated rings. The molecule has 0 spiro atoms. The van der Waals surface area contributed by atoms with Gasteiger partial charge < -0.3 is 8.83 Å². The summed E-state index contributed by atoms with van der Waals surface area (Å²) in [5.74, 6) is 0. The number of para-hydroxylation sites is 4. The lowest BCUT2D eigenvalue weighted by Gasteiger charge is -2.05. The molecule has 0 saturated carbocycles. The van der Waals surface area contributed by atoms with Crippen molar-refractivity contribution in [3.63, 3.8) is 0 Å². The molecule has 6 aromatic rings. The summed E-state index contributed by atoms with van der Waals surface area (Å²) in [6, 6.07) is 33.5. The van der Waals surface area contributed by atoms with Gasteiger partial charge in [0.25, 0.3) is 0 Å². The van der Waals surface area contributed by atoms with E-state index in [1.54, 1.807) is 0 Å². The molecule has 0 aliphatic heterocycles. The van der Waals surface area contributed by atoms with E-state index in [4.69, 9.17) is 8.83 Å². The van der Waals surface area contributed by atoms with Crippen LogP contribution in [0.2, 0.25) is 0 Å². The van der Waals surface area contributed by atoms with E-state index in [0.717, 1.165) is 33.2 Å². The summed E-state index contributed by atoms with van der Waals surface area (Å²) in [7, 11) is -1.46. The van der Waals surface area contributed by atoms with Crippen LogP contribution in [0, 0.1) is 0 Å². The minimum Gasteiger partial charge on any atom is -0.446 e. The van der Waals surface area contributed by atoms with Crippen molar-refractivity contribution in [3.05, 3.63) is 97.1 Å². The standard InChI is InChI=1S/C26H20N2O2Si2/c1-3-7-23-21(5-1)27-25(29-23)31-19-13-9-17(10-14-19)18-11-15-20(16-12-18)32-26-28-22-6-2-4-8-24(22)30-26/h1-16H,31-32H2. The van der Waals surface area contributed by atoms with Crippen LogP contribution in [0.4, 0.5) is 0 Å². The second kappa shape index (κ2) is 8.07. The second-order valence-electron chi connectivity index (χ2n) is 7.90. The van der Waals surface area contributed by atoms with Gasteiger partial charge in [0.2, 0.25) is 0 Å². The van der Waals surface area contributed by atoms with Crippen molar-refractivity contribution in [2.24, 2.45) is 0 Å². The number of hydrogen-bond donors (Lipinski definition) is 0. The van der Waals surface area contributed by atoms with Crippen molar-refractivity contribution < 1.29 is 8.83 Å². The van der Waals surface area contributed by atoms with Crippen molar-refractivity contribution >= 4 is 62.6 Å². The van der Waals surface area contributed by atoms with Crippen LogP contribution in [0.3, 0.4) is 0 Å². The highest BCUT2D eigenvalue weighted by molar-refractivity contribution is 6.66. The van der Waals surface area contributed by atoms with Crippen LogP contribution in [0.15, 0.2) is 106 Å². The second-order valence-corrected chi connectivity index (χ2v) is 11.4. The third-order valence-corrected chi connectivity index (χ3v) is 8.60. The van der Waals surface area contributed by atoms with Gasteiger partial charge in [0.1, 0.15) is 11.0 Å². The van der Waals surface area contributed by atoms with E-state index >= 15 is 0 Å². The quantitative estimate of drug-likeness (QED) is 0.378. The molecule has 0 bridgehead atoms. The Balaban J connectivity index is 1.16. The van der Waals surface area contributed by atoms with Gasteiger partial charge in [-0.05, 0) is 35.4 Å². The highest BCUT2D eigenvalue weighted by Gasteiger charge is 2.09. The van der Waals surface area contributed by atoms with Crippen LogP contribution in [-0.2, 0) is 0 Å². The minimum atomic E-state index is -0.730. The third-order valence-electron chi connectivity index (χ3n) is 5.63. The number of benzene rings is 4. The first-order chi connectivity index (χ1) is 15.8. The minimum absolute atomic E-state index is 0.730. The fraction of sp³-hybridized carbons (Fsp3) is 0. The average Bonchev–Trinajstić information content (AvgIpc) is 3.43. The molecule has 0 aliphatic carbocycles. The van der Waals surface area contributed by atoms with Gasteiger partial charge in [0, 0.05) is 0 Å². The number of nitrogens with zero attached hydrogens (tertiary/aromatic N) is 2. The van der Waals surface area contributed by atoms with E-state index in [1.807, 2.05) is 48.5 Å². The number of oxazole rings is 2. The maximum atomic E-state index is 5.91. The highest BCUT2D eigenvalue weighted by atomic mass is 28.2. The summed E-state index contributed by atoms with van der Waals surface area (Å²) in [6.45, 7) is 0. The molecular formula is C26H20N2O2Si2. The molecule has 0 aliphatic rings. The zero-order valence-electron chi connectivity index (χ0n) is 17.4. The summed E-state index contributed by atoms with van der Waals surface area (Å²) in [4.78, 5) is 9.27. The van der Waals surface area contributed by atoms with Crippen LogP contribution in [-0.4, -0.2) is 29.0 Å². The van der Waals surface area contributed by atoms with E-state index in [2.05, 4.69) is 58.5 Å². The zero-order chi connectivity index (χ0) is 21.3. The van der Waals surface area contributed by atoms with Crippen molar-refractivity contribution in [1.82, 2.24) is 9.97 Å². The fourth-order valence-electron chi connectivity index (χ4n) is 3.97. The van der Waals surface area contributed by atoms with Gasteiger partial charge in [-0.2, -0.15) is 0 Å². The summed E-state index contributed by atoms with van der Waals surface area (Å²) in [5.41, 5.74) is 7.81. The molecule has 154 valence electrons. The first-order valence-electron chi connectivity index (χ1n) is 10.7. The Kier molecular flexibility index (Phi) is 4.78. The first-order valence-corrected chi connectivity index (χ1v) is 13.5. The van der Waals surface area contributed by atoms with Gasteiger partial charge in [-0.25, -0.2) is 9.97 Å². The average molecular weight is 449 g/mol. The van der Waals surface area contributed by atoms with Crippen LogP contribution < -0.4 is 21.4 Å². The largest absolute Gasteiger partial charge is 0.446 e. The SMILES string of the molecule is c1ccc2oc([SiH2]c3ccc(-c4ccc([SiH2]c5nc6ccccc6o5)cc4)cc3)nc2c1. The Bertz CT molecular complexity index is 1340. The van der Waals surface area contributed by atoms with E-state index in [1.165, 1.54) is 21.5 Å². The number of rotatable bonds is 5. The predicted molar refractivity (Wildman–Crippen MR) is 136 cm³/mol. The normalized spacial score (nSPS) is 12.1. The summed E-state index contributed by atoms with van der Waals surface area (Å²) >= 11 is 0. The molecule has 32 heavy (non-hydrogen) atoms. The van der Waals surface area contributed by atoms with E-state index in [0.29, 0.717) is 0 Å².